The zero-order chi connectivity index (χ0) is 12.2. The van der Waals surface area contributed by atoms with Gasteiger partial charge in [-0.25, -0.2) is 13.1 Å². The van der Waals surface area contributed by atoms with Gasteiger partial charge in [0.2, 0.25) is 10.0 Å². The van der Waals surface area contributed by atoms with Gasteiger partial charge in [-0.3, -0.25) is 0 Å². The molecule has 1 rings (SSSR count). The van der Waals surface area contributed by atoms with Crippen molar-refractivity contribution in [2.24, 2.45) is 0 Å². The van der Waals surface area contributed by atoms with Crippen molar-refractivity contribution in [1.82, 2.24) is 4.72 Å². The third-order valence-corrected chi connectivity index (χ3v) is 4.06. The summed E-state index contributed by atoms with van der Waals surface area (Å²) in [6.07, 6.45) is 2.29. The van der Waals surface area contributed by atoms with Crippen LogP contribution in [0.4, 0.5) is 0 Å². The van der Waals surface area contributed by atoms with Gasteiger partial charge < -0.3 is 0 Å². The molecule has 0 spiro atoms. The number of benzene rings is 1. The van der Waals surface area contributed by atoms with Gasteiger partial charge >= 0.3 is 0 Å². The van der Waals surface area contributed by atoms with Gasteiger partial charge in [0.25, 0.3) is 0 Å². The summed E-state index contributed by atoms with van der Waals surface area (Å²) in [7, 11) is -3.43. The van der Waals surface area contributed by atoms with Gasteiger partial charge in [-0.1, -0.05) is 28.1 Å². The topological polar surface area (TPSA) is 46.2 Å². The molecule has 0 saturated carbocycles. The third kappa shape index (κ3) is 3.73. The minimum absolute atomic E-state index is 0.151. The summed E-state index contributed by atoms with van der Waals surface area (Å²) in [6, 6.07) is 6.46. The maximum absolute atomic E-state index is 11.9. The molecule has 1 atom stereocenters. The molecule has 0 aliphatic carbocycles. The van der Waals surface area contributed by atoms with Crippen LogP contribution >= 0.6 is 15.9 Å². The van der Waals surface area contributed by atoms with E-state index in [0.29, 0.717) is 6.42 Å². The highest BCUT2D eigenvalue weighted by Crippen LogP contribution is 2.16. The lowest BCUT2D eigenvalue weighted by Crippen LogP contribution is -2.32. The first-order chi connectivity index (χ1) is 7.45. The molecule has 0 bridgehead atoms. The zero-order valence-electron chi connectivity index (χ0n) is 8.98. The molecule has 0 aliphatic rings. The van der Waals surface area contributed by atoms with Gasteiger partial charge in [-0.05, 0) is 31.5 Å². The van der Waals surface area contributed by atoms with Crippen LogP contribution in [0.2, 0.25) is 0 Å². The van der Waals surface area contributed by atoms with Crippen LogP contribution in [0.25, 0.3) is 0 Å². The van der Waals surface area contributed by atoms with Crippen LogP contribution in [0.5, 0.6) is 0 Å². The second-order valence-corrected chi connectivity index (χ2v) is 6.13. The van der Waals surface area contributed by atoms with Crippen LogP contribution in [0.15, 0.2) is 46.3 Å². The lowest BCUT2D eigenvalue weighted by molar-refractivity contribution is 0.562. The van der Waals surface area contributed by atoms with E-state index in [1.165, 1.54) is 0 Å². The normalized spacial score (nSPS) is 13.4. The summed E-state index contributed by atoms with van der Waals surface area (Å²) in [5, 5.41) is 0. The minimum atomic E-state index is -3.43. The van der Waals surface area contributed by atoms with E-state index < -0.39 is 10.0 Å². The van der Waals surface area contributed by atoms with Gasteiger partial charge in [0.05, 0.1) is 4.90 Å². The minimum Gasteiger partial charge on any atom is -0.208 e. The first-order valence-electron chi connectivity index (χ1n) is 4.84. The number of hydrogen-bond acceptors (Lipinski definition) is 2. The maximum atomic E-state index is 11.9. The molecule has 1 unspecified atom stereocenters. The summed E-state index contributed by atoms with van der Waals surface area (Å²) in [6.45, 7) is 5.38. The van der Waals surface area contributed by atoms with Crippen molar-refractivity contribution in [3.8, 4) is 0 Å². The molecule has 0 aromatic heterocycles. The van der Waals surface area contributed by atoms with Crippen LogP contribution in [0.1, 0.15) is 13.3 Å². The summed E-state index contributed by atoms with van der Waals surface area (Å²) < 4.78 is 27.1. The van der Waals surface area contributed by atoms with E-state index in [1.807, 2.05) is 0 Å². The Labute approximate surface area is 105 Å². The van der Waals surface area contributed by atoms with Crippen molar-refractivity contribution in [3.05, 3.63) is 41.4 Å². The number of sulfonamides is 1. The van der Waals surface area contributed by atoms with Gasteiger partial charge in [0.15, 0.2) is 0 Å². The highest BCUT2D eigenvalue weighted by atomic mass is 79.9. The van der Waals surface area contributed by atoms with Gasteiger partial charge in [-0.2, -0.15) is 0 Å². The number of nitrogens with one attached hydrogen (secondary N) is 1. The van der Waals surface area contributed by atoms with Crippen LogP contribution in [-0.2, 0) is 10.0 Å². The molecule has 88 valence electrons. The Bertz CT molecular complexity index is 471. The second kappa shape index (κ2) is 5.61. The molecule has 1 N–H and O–H groups in total. The van der Waals surface area contributed by atoms with Crippen LogP contribution in [-0.4, -0.2) is 14.5 Å². The van der Waals surface area contributed by atoms with Crippen molar-refractivity contribution in [1.29, 1.82) is 0 Å². The fourth-order valence-corrected chi connectivity index (χ4v) is 3.12. The molecule has 3 nitrogen and oxygen atoms in total. The van der Waals surface area contributed by atoms with Crippen molar-refractivity contribution >= 4 is 26.0 Å². The van der Waals surface area contributed by atoms with Gasteiger partial charge in [0.1, 0.15) is 0 Å². The summed E-state index contributed by atoms with van der Waals surface area (Å²) in [5.41, 5.74) is 0. The van der Waals surface area contributed by atoms with Crippen molar-refractivity contribution in [2.45, 2.75) is 24.3 Å². The average Bonchev–Trinajstić information content (AvgIpc) is 2.17. The third-order valence-electron chi connectivity index (χ3n) is 1.98. The fraction of sp³-hybridized carbons (Fsp3) is 0.273. The SMILES string of the molecule is C=CCC(C)NS(=O)(=O)c1cccc(Br)c1. The molecule has 1 aromatic rings. The molecule has 16 heavy (non-hydrogen) atoms. The van der Waals surface area contributed by atoms with Gasteiger partial charge in [-0.15, -0.1) is 6.58 Å². The van der Waals surface area contributed by atoms with Crippen LogP contribution in [0, 0.1) is 0 Å². The molecule has 1 aromatic carbocycles. The number of hydrogen-bond donors (Lipinski definition) is 1. The Morgan fingerprint density at radius 2 is 2.25 bits per heavy atom. The Morgan fingerprint density at radius 3 is 2.81 bits per heavy atom. The summed E-state index contributed by atoms with van der Waals surface area (Å²) >= 11 is 3.24. The molecule has 0 fully saturated rings. The Hall–Kier alpha value is -0.650. The van der Waals surface area contributed by atoms with Crippen molar-refractivity contribution in [3.63, 3.8) is 0 Å². The monoisotopic (exact) mass is 303 g/mol. The Morgan fingerprint density at radius 1 is 1.56 bits per heavy atom. The van der Waals surface area contributed by atoms with Crippen molar-refractivity contribution in [2.75, 3.05) is 0 Å². The molecule has 5 heteroatoms. The summed E-state index contributed by atoms with van der Waals surface area (Å²) in [4.78, 5) is 0.262. The van der Waals surface area contributed by atoms with E-state index >= 15 is 0 Å². The highest BCUT2D eigenvalue weighted by molar-refractivity contribution is 9.10. The first-order valence-corrected chi connectivity index (χ1v) is 7.12. The number of halogens is 1. The predicted molar refractivity (Wildman–Crippen MR) is 68.7 cm³/mol. The van der Waals surface area contributed by atoms with Crippen LogP contribution in [0.3, 0.4) is 0 Å². The largest absolute Gasteiger partial charge is 0.240 e. The highest BCUT2D eigenvalue weighted by Gasteiger charge is 2.16. The maximum Gasteiger partial charge on any atom is 0.240 e. The summed E-state index contributed by atoms with van der Waals surface area (Å²) in [5.74, 6) is 0. The Balaban J connectivity index is 2.90. The standard InChI is InChI=1S/C11H14BrNO2S/c1-3-5-9(2)13-16(14,15)11-7-4-6-10(12)8-11/h3-4,6-9,13H,1,5H2,2H3. The predicted octanol–water partition coefficient (Wildman–Crippen LogP) is 2.69. The fourth-order valence-electron chi connectivity index (χ4n) is 1.27. The van der Waals surface area contributed by atoms with Crippen molar-refractivity contribution < 1.29 is 8.42 Å². The molecule has 0 heterocycles. The van der Waals surface area contributed by atoms with E-state index in [9.17, 15) is 8.42 Å². The molecular formula is C11H14BrNO2S. The molecule has 0 amide bonds. The number of rotatable bonds is 5. The lowest BCUT2D eigenvalue weighted by Gasteiger charge is -2.12. The van der Waals surface area contributed by atoms with E-state index in [0.717, 1.165) is 4.47 Å². The first kappa shape index (κ1) is 13.4. The smallest absolute Gasteiger partial charge is 0.208 e. The molecule has 0 saturated heterocycles. The van der Waals surface area contributed by atoms with E-state index in [2.05, 4.69) is 27.2 Å². The van der Waals surface area contributed by atoms with E-state index in [1.54, 1.807) is 37.3 Å². The second-order valence-electron chi connectivity index (χ2n) is 3.50. The van der Waals surface area contributed by atoms with Crippen LogP contribution < -0.4 is 4.72 Å². The zero-order valence-corrected chi connectivity index (χ0v) is 11.4. The molecule has 0 radical (unpaired) electrons. The molecular weight excluding hydrogens is 290 g/mol. The quantitative estimate of drug-likeness (QED) is 0.850. The molecule has 0 aliphatic heterocycles. The lowest BCUT2D eigenvalue weighted by atomic mass is 10.3. The van der Waals surface area contributed by atoms with E-state index in [4.69, 9.17) is 0 Å². The Kier molecular flexibility index (Phi) is 4.70. The van der Waals surface area contributed by atoms with Gasteiger partial charge in [0, 0.05) is 10.5 Å². The van der Waals surface area contributed by atoms with E-state index in [-0.39, 0.29) is 10.9 Å². The average molecular weight is 304 g/mol.